The molecule has 124 valence electrons. The Morgan fingerprint density at radius 3 is 2.73 bits per heavy atom. The van der Waals surface area contributed by atoms with Crippen molar-refractivity contribution in [3.8, 4) is 0 Å². The van der Waals surface area contributed by atoms with Crippen LogP contribution >= 0.6 is 0 Å². The number of oxime groups is 1. The summed E-state index contributed by atoms with van der Waals surface area (Å²) in [6, 6.07) is 0. The summed E-state index contributed by atoms with van der Waals surface area (Å²) in [7, 11) is 0. The van der Waals surface area contributed by atoms with E-state index in [0.717, 1.165) is 25.0 Å². The Morgan fingerprint density at radius 1 is 1.36 bits per heavy atom. The molecule has 0 bridgehead atoms. The number of rotatable bonds is 8. The molecular formula is C15H20F3NO3. The predicted octanol–water partition coefficient (Wildman–Crippen LogP) is 3.79. The lowest BCUT2D eigenvalue weighted by Crippen LogP contribution is -2.25. The molecule has 7 heteroatoms. The van der Waals surface area contributed by atoms with Crippen molar-refractivity contribution in [3.05, 3.63) is 24.8 Å². The van der Waals surface area contributed by atoms with Crippen LogP contribution in [0.25, 0.3) is 0 Å². The van der Waals surface area contributed by atoms with Gasteiger partial charge in [-0.05, 0) is 32.6 Å². The quantitative estimate of drug-likeness (QED) is 0.505. The second kappa shape index (κ2) is 8.60. The lowest BCUT2D eigenvalue weighted by Gasteiger charge is -2.16. The molecule has 0 fully saturated rings. The molecule has 0 saturated heterocycles. The number of allylic oxidation sites excluding steroid dienone is 2. The van der Waals surface area contributed by atoms with Gasteiger partial charge in [0.2, 0.25) is 0 Å². The standard InChI is InChI=1S/C15H20F3NO3/c1-3-4-9-13-12(11(2)19-22-13)8-6-5-7-10-21-14(20)15(16,17)18/h3,5,7,12-13H,1,4,6,8-10H2,2H3/b7-5+/t12-,13-/m0/s1. The highest BCUT2D eigenvalue weighted by atomic mass is 19.4. The third-order valence-electron chi connectivity index (χ3n) is 3.33. The highest BCUT2D eigenvalue weighted by Gasteiger charge is 2.40. The second-order valence-electron chi connectivity index (χ2n) is 4.99. The van der Waals surface area contributed by atoms with Gasteiger partial charge in [0.25, 0.3) is 0 Å². The van der Waals surface area contributed by atoms with Gasteiger partial charge in [0.1, 0.15) is 12.7 Å². The van der Waals surface area contributed by atoms with Crippen LogP contribution in [0.3, 0.4) is 0 Å². The van der Waals surface area contributed by atoms with Gasteiger partial charge in [-0.15, -0.1) is 6.58 Å². The van der Waals surface area contributed by atoms with Gasteiger partial charge < -0.3 is 9.57 Å². The SMILES string of the molecule is C=CCC[C@@H]1ON=C(C)[C@@H]1CC/C=C/COC(=O)C(F)(F)F. The molecule has 0 aliphatic carbocycles. The van der Waals surface area contributed by atoms with Gasteiger partial charge in [-0.2, -0.15) is 13.2 Å². The molecule has 1 aliphatic rings. The number of ether oxygens (including phenoxy) is 1. The Hall–Kier alpha value is -1.79. The van der Waals surface area contributed by atoms with Crippen molar-refractivity contribution in [2.75, 3.05) is 6.61 Å². The lowest BCUT2D eigenvalue weighted by atomic mass is 9.90. The minimum atomic E-state index is -4.94. The lowest BCUT2D eigenvalue weighted by molar-refractivity contribution is -0.198. The Balaban J connectivity index is 2.27. The number of esters is 1. The summed E-state index contributed by atoms with van der Waals surface area (Å²) in [5, 5.41) is 3.98. The molecule has 0 radical (unpaired) electrons. The van der Waals surface area contributed by atoms with Crippen LogP contribution in [-0.2, 0) is 14.4 Å². The summed E-state index contributed by atoms with van der Waals surface area (Å²) in [5.41, 5.74) is 0.922. The number of alkyl halides is 3. The fraction of sp³-hybridized carbons (Fsp3) is 0.600. The van der Waals surface area contributed by atoms with E-state index in [1.807, 2.05) is 13.0 Å². The molecule has 0 spiro atoms. The van der Waals surface area contributed by atoms with E-state index in [1.165, 1.54) is 6.08 Å². The zero-order chi connectivity index (χ0) is 16.6. The molecule has 0 aromatic carbocycles. The summed E-state index contributed by atoms with van der Waals surface area (Å²) < 4.78 is 39.7. The van der Waals surface area contributed by atoms with Crippen LogP contribution in [0.5, 0.6) is 0 Å². The van der Waals surface area contributed by atoms with Gasteiger partial charge in [-0.25, -0.2) is 4.79 Å². The minimum absolute atomic E-state index is 0.0226. The maximum atomic E-state index is 11.9. The maximum Gasteiger partial charge on any atom is 0.490 e. The maximum absolute atomic E-state index is 11.9. The van der Waals surface area contributed by atoms with Crippen molar-refractivity contribution in [1.29, 1.82) is 0 Å². The average Bonchev–Trinajstić information content (AvgIpc) is 2.79. The molecule has 0 N–H and O–H groups in total. The van der Waals surface area contributed by atoms with Crippen LogP contribution in [0.4, 0.5) is 13.2 Å². The van der Waals surface area contributed by atoms with Crippen molar-refractivity contribution in [2.45, 2.75) is 44.9 Å². The van der Waals surface area contributed by atoms with Gasteiger partial charge >= 0.3 is 12.1 Å². The fourth-order valence-corrected chi connectivity index (χ4v) is 2.16. The van der Waals surface area contributed by atoms with Crippen LogP contribution < -0.4 is 0 Å². The van der Waals surface area contributed by atoms with Crippen LogP contribution in [0, 0.1) is 5.92 Å². The van der Waals surface area contributed by atoms with Crippen molar-refractivity contribution < 1.29 is 27.5 Å². The Morgan fingerprint density at radius 2 is 2.09 bits per heavy atom. The molecule has 0 aromatic heterocycles. The van der Waals surface area contributed by atoms with E-state index in [4.69, 9.17) is 4.84 Å². The van der Waals surface area contributed by atoms with Crippen molar-refractivity contribution in [2.24, 2.45) is 11.1 Å². The first-order chi connectivity index (χ1) is 10.4. The molecular weight excluding hydrogens is 299 g/mol. The third-order valence-corrected chi connectivity index (χ3v) is 3.33. The smallest absolute Gasteiger partial charge is 0.455 e. The van der Waals surface area contributed by atoms with Crippen LogP contribution in [-0.4, -0.2) is 30.6 Å². The Bertz CT molecular complexity index is 444. The molecule has 1 heterocycles. The highest BCUT2D eigenvalue weighted by molar-refractivity contribution is 5.85. The molecule has 1 rings (SSSR count). The van der Waals surface area contributed by atoms with Crippen molar-refractivity contribution >= 4 is 11.7 Å². The van der Waals surface area contributed by atoms with Crippen LogP contribution in [0.1, 0.15) is 32.6 Å². The van der Waals surface area contributed by atoms with E-state index in [1.54, 1.807) is 6.08 Å². The van der Waals surface area contributed by atoms with Gasteiger partial charge in [-0.1, -0.05) is 23.4 Å². The fourth-order valence-electron chi connectivity index (χ4n) is 2.16. The van der Waals surface area contributed by atoms with E-state index in [9.17, 15) is 18.0 Å². The first-order valence-electron chi connectivity index (χ1n) is 7.06. The average molecular weight is 319 g/mol. The first-order valence-corrected chi connectivity index (χ1v) is 7.06. The summed E-state index contributed by atoms with van der Waals surface area (Å²) >= 11 is 0. The molecule has 0 aromatic rings. The minimum Gasteiger partial charge on any atom is -0.455 e. The van der Waals surface area contributed by atoms with E-state index < -0.39 is 12.1 Å². The zero-order valence-corrected chi connectivity index (χ0v) is 12.4. The molecule has 4 nitrogen and oxygen atoms in total. The number of halogens is 3. The van der Waals surface area contributed by atoms with Gasteiger partial charge in [0, 0.05) is 5.92 Å². The van der Waals surface area contributed by atoms with Crippen molar-refractivity contribution in [3.63, 3.8) is 0 Å². The topological polar surface area (TPSA) is 47.9 Å². The summed E-state index contributed by atoms with van der Waals surface area (Å²) in [5.74, 6) is -1.98. The Kier molecular flexibility index (Phi) is 7.14. The third kappa shape index (κ3) is 5.91. The predicted molar refractivity (Wildman–Crippen MR) is 76.3 cm³/mol. The number of carbonyl (C=O) groups is 1. The molecule has 1 aliphatic heterocycles. The number of hydrogen-bond acceptors (Lipinski definition) is 4. The van der Waals surface area contributed by atoms with Crippen molar-refractivity contribution in [1.82, 2.24) is 0 Å². The molecule has 0 amide bonds. The molecule has 0 saturated carbocycles. The monoisotopic (exact) mass is 319 g/mol. The molecule has 2 atom stereocenters. The molecule has 22 heavy (non-hydrogen) atoms. The number of carbonyl (C=O) groups excluding carboxylic acids is 1. The Labute approximate surface area is 127 Å². The normalized spacial score (nSPS) is 21.5. The summed E-state index contributed by atoms with van der Waals surface area (Å²) in [6.07, 6.45) is 3.11. The summed E-state index contributed by atoms with van der Waals surface area (Å²) in [6.45, 7) is 5.18. The van der Waals surface area contributed by atoms with E-state index in [-0.39, 0.29) is 18.6 Å². The second-order valence-corrected chi connectivity index (χ2v) is 4.99. The van der Waals surface area contributed by atoms with E-state index in [0.29, 0.717) is 6.42 Å². The number of hydrogen-bond donors (Lipinski definition) is 0. The van der Waals surface area contributed by atoms with Gasteiger partial charge in [0.05, 0.1) is 5.71 Å². The number of nitrogens with zero attached hydrogens (tertiary/aromatic N) is 1. The van der Waals surface area contributed by atoms with Crippen LogP contribution in [0.2, 0.25) is 0 Å². The zero-order valence-electron chi connectivity index (χ0n) is 12.4. The van der Waals surface area contributed by atoms with Gasteiger partial charge in [0.15, 0.2) is 0 Å². The van der Waals surface area contributed by atoms with Gasteiger partial charge in [-0.3, -0.25) is 0 Å². The van der Waals surface area contributed by atoms with E-state index >= 15 is 0 Å². The largest absolute Gasteiger partial charge is 0.490 e. The molecule has 0 unspecified atom stereocenters. The highest BCUT2D eigenvalue weighted by Crippen LogP contribution is 2.26. The van der Waals surface area contributed by atoms with Crippen LogP contribution in [0.15, 0.2) is 30.0 Å². The first kappa shape index (κ1) is 18.3. The summed E-state index contributed by atoms with van der Waals surface area (Å²) in [4.78, 5) is 15.8. The van der Waals surface area contributed by atoms with E-state index in [2.05, 4.69) is 16.5 Å².